The molecule has 0 N–H and O–H groups in total. The van der Waals surface area contributed by atoms with Crippen molar-refractivity contribution in [2.24, 2.45) is 5.41 Å². The van der Waals surface area contributed by atoms with Gasteiger partial charge in [0.1, 0.15) is 0 Å². The van der Waals surface area contributed by atoms with Crippen LogP contribution in [0.4, 0.5) is 5.69 Å². The van der Waals surface area contributed by atoms with Crippen LogP contribution in [0.5, 0.6) is 0 Å². The highest BCUT2D eigenvalue weighted by molar-refractivity contribution is 6.05. The van der Waals surface area contributed by atoms with Gasteiger partial charge in [-0.3, -0.25) is 9.69 Å². The van der Waals surface area contributed by atoms with Crippen molar-refractivity contribution in [1.82, 2.24) is 0 Å². The van der Waals surface area contributed by atoms with E-state index >= 15 is 0 Å². The first-order valence-corrected chi connectivity index (χ1v) is 6.66. The van der Waals surface area contributed by atoms with E-state index in [9.17, 15) is 4.79 Å². The maximum atomic E-state index is 12.8. The van der Waals surface area contributed by atoms with Crippen molar-refractivity contribution < 1.29 is 4.79 Å². The molecule has 0 spiro atoms. The van der Waals surface area contributed by atoms with Crippen molar-refractivity contribution >= 4 is 11.6 Å². The zero-order valence-corrected chi connectivity index (χ0v) is 11.7. The van der Waals surface area contributed by atoms with Crippen molar-refractivity contribution in [3.05, 3.63) is 41.6 Å². The number of para-hydroxylation sites is 1. The van der Waals surface area contributed by atoms with Gasteiger partial charge in [-0.25, -0.2) is 0 Å². The molecule has 0 unspecified atom stereocenters. The Labute approximate surface area is 109 Å². The van der Waals surface area contributed by atoms with Crippen LogP contribution in [-0.4, -0.2) is 5.91 Å². The molecule has 1 heterocycles. The first-order valence-electron chi connectivity index (χ1n) is 6.66. The number of anilines is 1. The molecule has 0 aromatic heterocycles. The van der Waals surface area contributed by atoms with Gasteiger partial charge in [0.15, 0.2) is 0 Å². The second kappa shape index (κ2) is 4.60. The fourth-order valence-corrected chi connectivity index (χ4v) is 3.01. The summed E-state index contributed by atoms with van der Waals surface area (Å²) < 4.78 is 0. The lowest BCUT2D eigenvalue weighted by atomic mass is 9.77. The van der Waals surface area contributed by atoms with Crippen LogP contribution in [0.2, 0.25) is 0 Å². The van der Waals surface area contributed by atoms with Gasteiger partial charge in [-0.15, -0.1) is 0 Å². The van der Waals surface area contributed by atoms with Crippen molar-refractivity contribution in [2.45, 2.75) is 40.5 Å². The molecule has 1 aromatic rings. The number of amides is 1. The number of hydrogen-bond acceptors (Lipinski definition) is 1. The molecule has 0 saturated carbocycles. The molecule has 1 aliphatic rings. The molecule has 96 valence electrons. The predicted molar refractivity (Wildman–Crippen MR) is 75.3 cm³/mol. The van der Waals surface area contributed by atoms with Crippen molar-refractivity contribution in [3.8, 4) is 0 Å². The highest BCUT2D eigenvalue weighted by atomic mass is 16.2. The fourth-order valence-electron chi connectivity index (χ4n) is 3.01. The summed E-state index contributed by atoms with van der Waals surface area (Å²) in [6.45, 7) is 8.36. The molecule has 2 heteroatoms. The van der Waals surface area contributed by atoms with E-state index in [1.165, 1.54) is 5.57 Å². The molecule has 0 saturated heterocycles. The van der Waals surface area contributed by atoms with Crippen LogP contribution < -0.4 is 4.90 Å². The van der Waals surface area contributed by atoms with Gasteiger partial charge in [0.25, 0.3) is 0 Å². The number of carbonyl (C=O) groups excluding carboxylic acids is 1. The Kier molecular flexibility index (Phi) is 3.29. The van der Waals surface area contributed by atoms with Crippen LogP contribution in [0.25, 0.3) is 0 Å². The zero-order chi connectivity index (χ0) is 13.3. The first-order chi connectivity index (χ1) is 8.58. The van der Waals surface area contributed by atoms with Crippen LogP contribution in [0.1, 0.15) is 40.5 Å². The molecule has 0 radical (unpaired) electrons. The summed E-state index contributed by atoms with van der Waals surface area (Å²) in [6, 6.07) is 9.92. The molecule has 18 heavy (non-hydrogen) atoms. The molecule has 1 aromatic carbocycles. The highest BCUT2D eigenvalue weighted by Gasteiger charge is 2.47. The van der Waals surface area contributed by atoms with Crippen LogP contribution >= 0.6 is 0 Å². The lowest BCUT2D eigenvalue weighted by Gasteiger charge is -2.27. The van der Waals surface area contributed by atoms with Gasteiger partial charge in [-0.1, -0.05) is 32.0 Å². The Morgan fingerprint density at radius 1 is 1.06 bits per heavy atom. The number of rotatable bonds is 3. The quantitative estimate of drug-likeness (QED) is 0.781. The molecular formula is C16H21NO. The van der Waals surface area contributed by atoms with Crippen molar-refractivity contribution in [1.29, 1.82) is 0 Å². The van der Waals surface area contributed by atoms with E-state index in [1.807, 2.05) is 42.2 Å². The monoisotopic (exact) mass is 243 g/mol. The van der Waals surface area contributed by atoms with Gasteiger partial charge >= 0.3 is 0 Å². The van der Waals surface area contributed by atoms with Gasteiger partial charge in [0, 0.05) is 11.4 Å². The molecule has 0 fully saturated rings. The molecule has 2 nitrogen and oxygen atoms in total. The second-order valence-corrected chi connectivity index (χ2v) is 4.98. The number of nitrogens with zero attached hydrogens (tertiary/aromatic N) is 1. The first kappa shape index (κ1) is 12.9. The van der Waals surface area contributed by atoms with E-state index in [2.05, 4.69) is 20.8 Å². The van der Waals surface area contributed by atoms with Gasteiger partial charge in [0.2, 0.25) is 5.91 Å². The number of carbonyl (C=O) groups is 1. The van der Waals surface area contributed by atoms with Crippen molar-refractivity contribution in [3.63, 3.8) is 0 Å². The summed E-state index contributed by atoms with van der Waals surface area (Å²) in [5.41, 5.74) is 3.00. The molecule has 2 rings (SSSR count). The number of hydrogen-bond donors (Lipinski definition) is 0. The third kappa shape index (κ3) is 1.59. The molecule has 0 bridgehead atoms. The molecule has 0 aliphatic carbocycles. The number of allylic oxidation sites excluding steroid dienone is 1. The van der Waals surface area contributed by atoms with Crippen molar-refractivity contribution in [2.75, 3.05) is 4.90 Å². The summed E-state index contributed by atoms with van der Waals surface area (Å²) in [6.07, 6.45) is 1.74. The summed E-state index contributed by atoms with van der Waals surface area (Å²) in [5.74, 6) is 0.230. The fraction of sp³-hybridized carbons (Fsp3) is 0.438. The van der Waals surface area contributed by atoms with E-state index in [1.54, 1.807) is 0 Å². The van der Waals surface area contributed by atoms with Crippen LogP contribution in [0.3, 0.4) is 0 Å². The lowest BCUT2D eigenvalue weighted by Crippen LogP contribution is -2.36. The maximum Gasteiger partial charge on any atom is 0.241 e. The van der Waals surface area contributed by atoms with Gasteiger partial charge < -0.3 is 0 Å². The average molecular weight is 243 g/mol. The average Bonchev–Trinajstić information content (AvgIpc) is 2.59. The summed E-state index contributed by atoms with van der Waals surface area (Å²) in [5, 5.41) is 0. The topological polar surface area (TPSA) is 20.3 Å². The van der Waals surface area contributed by atoms with E-state index in [4.69, 9.17) is 0 Å². The van der Waals surface area contributed by atoms with Gasteiger partial charge in [0.05, 0.1) is 5.41 Å². The zero-order valence-electron chi connectivity index (χ0n) is 11.7. The molecular weight excluding hydrogens is 222 g/mol. The lowest BCUT2D eigenvalue weighted by molar-refractivity contribution is -0.125. The van der Waals surface area contributed by atoms with Gasteiger partial charge in [-0.05, 0) is 44.4 Å². The normalized spacial score (nSPS) is 18.7. The second-order valence-electron chi connectivity index (χ2n) is 4.98. The van der Waals surface area contributed by atoms with E-state index in [0.29, 0.717) is 0 Å². The van der Waals surface area contributed by atoms with E-state index in [-0.39, 0.29) is 11.3 Å². The van der Waals surface area contributed by atoms with Crippen LogP contribution in [0, 0.1) is 5.41 Å². The minimum absolute atomic E-state index is 0.230. The third-order valence-corrected chi connectivity index (χ3v) is 4.43. The standard InChI is InChI=1S/C16H21NO/c1-5-16(6-2)12(3)13(4)17(15(16)18)14-10-8-7-9-11-14/h7-11H,5-6H2,1-4H3. The Morgan fingerprint density at radius 3 is 2.06 bits per heavy atom. The molecule has 1 aliphatic heterocycles. The Bertz CT molecular complexity index is 483. The van der Waals surface area contributed by atoms with Gasteiger partial charge in [-0.2, -0.15) is 0 Å². The van der Waals surface area contributed by atoms with E-state index < -0.39 is 0 Å². The summed E-state index contributed by atoms with van der Waals surface area (Å²) in [7, 11) is 0. The van der Waals surface area contributed by atoms with Crippen LogP contribution in [0.15, 0.2) is 41.6 Å². The highest BCUT2D eigenvalue weighted by Crippen LogP contribution is 2.46. The summed E-state index contributed by atoms with van der Waals surface area (Å²) in [4.78, 5) is 14.7. The molecule has 0 atom stereocenters. The minimum atomic E-state index is -0.292. The third-order valence-electron chi connectivity index (χ3n) is 4.43. The largest absolute Gasteiger partial charge is 0.284 e. The maximum absolute atomic E-state index is 12.8. The van der Waals surface area contributed by atoms with Crippen LogP contribution in [-0.2, 0) is 4.79 Å². The smallest absolute Gasteiger partial charge is 0.241 e. The minimum Gasteiger partial charge on any atom is -0.284 e. The number of benzene rings is 1. The SMILES string of the molecule is CCC1(CC)C(=O)N(c2ccccc2)C(C)=C1C. The Hall–Kier alpha value is -1.57. The molecule has 1 amide bonds. The Balaban J connectivity index is 2.52. The van der Waals surface area contributed by atoms with E-state index in [0.717, 1.165) is 24.2 Å². The Morgan fingerprint density at radius 2 is 1.61 bits per heavy atom. The summed E-state index contributed by atoms with van der Waals surface area (Å²) >= 11 is 0. The predicted octanol–water partition coefficient (Wildman–Crippen LogP) is 4.13.